The van der Waals surface area contributed by atoms with Crippen molar-refractivity contribution in [3.05, 3.63) is 0 Å². The number of aliphatic hydroxyl groups is 3. The van der Waals surface area contributed by atoms with Gasteiger partial charge in [-0.1, -0.05) is 148 Å². The largest absolute Gasteiger partial charge is 0.479 e. The van der Waals surface area contributed by atoms with Crippen molar-refractivity contribution in [3.8, 4) is 0 Å². The molecule has 0 aromatic rings. The van der Waals surface area contributed by atoms with Crippen LogP contribution in [0.1, 0.15) is 155 Å². The summed E-state index contributed by atoms with van der Waals surface area (Å²) in [5.74, 6) is -1.50. The van der Waals surface area contributed by atoms with Gasteiger partial charge >= 0.3 is 5.97 Å². The molecule has 0 rings (SSSR count). The molecular formula is C28H56O5. The Morgan fingerprint density at radius 1 is 0.515 bits per heavy atom. The van der Waals surface area contributed by atoms with Crippen LogP contribution in [0, 0.1) is 0 Å². The number of carboxylic acids is 1. The molecule has 0 aliphatic rings. The van der Waals surface area contributed by atoms with Crippen LogP contribution in [0.5, 0.6) is 0 Å². The minimum absolute atomic E-state index is 0.324. The number of aliphatic hydroxyl groups excluding tert-OH is 3. The van der Waals surface area contributed by atoms with Gasteiger partial charge in [0, 0.05) is 0 Å². The van der Waals surface area contributed by atoms with E-state index in [1.807, 2.05) is 0 Å². The molecule has 3 atom stereocenters. The fourth-order valence-corrected chi connectivity index (χ4v) is 4.49. The van der Waals surface area contributed by atoms with Gasteiger partial charge in [-0.2, -0.15) is 0 Å². The van der Waals surface area contributed by atoms with Gasteiger partial charge in [0.25, 0.3) is 0 Å². The van der Waals surface area contributed by atoms with E-state index in [9.17, 15) is 20.1 Å². The first kappa shape index (κ1) is 32.4. The van der Waals surface area contributed by atoms with Crippen LogP contribution < -0.4 is 0 Å². The second-order valence-electron chi connectivity index (χ2n) is 10.1. The molecule has 5 nitrogen and oxygen atoms in total. The summed E-state index contributed by atoms with van der Waals surface area (Å²) in [6.45, 7) is 2.28. The summed E-state index contributed by atoms with van der Waals surface area (Å²) in [6.07, 6.45) is 24.7. The summed E-state index contributed by atoms with van der Waals surface area (Å²) in [5.41, 5.74) is 0. The summed E-state index contributed by atoms with van der Waals surface area (Å²) in [7, 11) is 0. The van der Waals surface area contributed by atoms with Crippen LogP contribution in [0.15, 0.2) is 0 Å². The third-order valence-corrected chi connectivity index (χ3v) is 6.82. The molecule has 0 fully saturated rings. The van der Waals surface area contributed by atoms with Gasteiger partial charge in [-0.15, -0.1) is 0 Å². The van der Waals surface area contributed by atoms with Crippen molar-refractivity contribution < 1.29 is 25.2 Å². The van der Waals surface area contributed by atoms with Crippen LogP contribution in [-0.4, -0.2) is 44.7 Å². The van der Waals surface area contributed by atoms with Crippen molar-refractivity contribution in [1.29, 1.82) is 0 Å². The highest BCUT2D eigenvalue weighted by atomic mass is 16.4. The van der Waals surface area contributed by atoms with Gasteiger partial charge in [0.05, 0.1) is 6.10 Å². The van der Waals surface area contributed by atoms with Crippen molar-refractivity contribution in [2.45, 2.75) is 173 Å². The Morgan fingerprint density at radius 3 is 1.06 bits per heavy atom. The zero-order chi connectivity index (χ0) is 24.6. The van der Waals surface area contributed by atoms with E-state index in [2.05, 4.69) is 6.92 Å². The Hall–Kier alpha value is -0.650. The first-order valence-electron chi connectivity index (χ1n) is 14.3. The lowest BCUT2D eigenvalue weighted by molar-refractivity contribution is -0.158. The van der Waals surface area contributed by atoms with Gasteiger partial charge < -0.3 is 20.4 Å². The number of aliphatic carboxylic acids is 1. The van der Waals surface area contributed by atoms with Crippen LogP contribution in [0.4, 0.5) is 0 Å². The molecule has 0 aliphatic carbocycles. The van der Waals surface area contributed by atoms with Crippen LogP contribution in [0.3, 0.4) is 0 Å². The SMILES string of the molecule is CCCCCCCCCCCCCCCCCCCCCCCCC(O)C(O)C(O)C(=O)O. The molecule has 3 unspecified atom stereocenters. The average Bonchev–Trinajstić information content (AvgIpc) is 2.81. The molecule has 0 spiro atoms. The van der Waals surface area contributed by atoms with Gasteiger partial charge in [-0.3, -0.25) is 0 Å². The normalized spacial score (nSPS) is 14.3. The Morgan fingerprint density at radius 2 is 0.788 bits per heavy atom. The zero-order valence-corrected chi connectivity index (χ0v) is 21.7. The summed E-state index contributed by atoms with van der Waals surface area (Å²) in [6, 6.07) is 0. The maximum Gasteiger partial charge on any atom is 0.335 e. The summed E-state index contributed by atoms with van der Waals surface area (Å²) >= 11 is 0. The third-order valence-electron chi connectivity index (χ3n) is 6.82. The lowest BCUT2D eigenvalue weighted by Gasteiger charge is -2.20. The monoisotopic (exact) mass is 472 g/mol. The molecule has 0 amide bonds. The van der Waals surface area contributed by atoms with Gasteiger partial charge in [-0.05, 0) is 6.42 Å². The molecule has 5 heteroatoms. The molecule has 198 valence electrons. The predicted octanol–water partition coefficient (Wildman–Crippen LogP) is 7.15. The molecule has 0 aliphatic heterocycles. The molecule has 0 bridgehead atoms. The van der Waals surface area contributed by atoms with Gasteiger partial charge in [0.15, 0.2) is 6.10 Å². The molecule has 0 aromatic heterocycles. The van der Waals surface area contributed by atoms with Crippen molar-refractivity contribution in [3.63, 3.8) is 0 Å². The Balaban J connectivity index is 3.21. The van der Waals surface area contributed by atoms with Gasteiger partial charge in [-0.25, -0.2) is 4.79 Å². The maximum atomic E-state index is 10.6. The highest BCUT2D eigenvalue weighted by Gasteiger charge is 2.29. The van der Waals surface area contributed by atoms with Gasteiger partial charge in [0.2, 0.25) is 0 Å². The number of carbonyl (C=O) groups is 1. The highest BCUT2D eigenvalue weighted by molar-refractivity contribution is 5.72. The summed E-state index contributed by atoms with van der Waals surface area (Å²) in [5, 5.41) is 37.1. The number of hydrogen-bond donors (Lipinski definition) is 4. The third kappa shape index (κ3) is 21.6. The molecule has 0 heterocycles. The van der Waals surface area contributed by atoms with E-state index in [-0.39, 0.29) is 0 Å². The fraction of sp³-hybridized carbons (Fsp3) is 0.964. The Labute approximate surface area is 204 Å². The van der Waals surface area contributed by atoms with Crippen molar-refractivity contribution in [2.75, 3.05) is 0 Å². The first-order chi connectivity index (χ1) is 16.0. The van der Waals surface area contributed by atoms with Crippen molar-refractivity contribution >= 4 is 5.97 Å². The second-order valence-corrected chi connectivity index (χ2v) is 10.1. The summed E-state index contributed by atoms with van der Waals surface area (Å²) < 4.78 is 0. The Kier molecular flexibility index (Phi) is 24.0. The van der Waals surface area contributed by atoms with Crippen LogP contribution in [-0.2, 0) is 4.79 Å². The minimum atomic E-state index is -1.92. The summed E-state index contributed by atoms with van der Waals surface area (Å²) in [4.78, 5) is 10.6. The molecule has 0 aromatic carbocycles. The van der Waals surface area contributed by atoms with E-state index >= 15 is 0 Å². The molecule has 4 N–H and O–H groups in total. The Bertz CT molecular complexity index is 415. The van der Waals surface area contributed by atoms with E-state index < -0.39 is 24.3 Å². The molecule has 0 saturated heterocycles. The van der Waals surface area contributed by atoms with Crippen molar-refractivity contribution in [2.24, 2.45) is 0 Å². The molecular weight excluding hydrogens is 416 g/mol. The lowest BCUT2D eigenvalue weighted by atomic mass is 10.0. The predicted molar refractivity (Wildman–Crippen MR) is 138 cm³/mol. The fourth-order valence-electron chi connectivity index (χ4n) is 4.49. The minimum Gasteiger partial charge on any atom is -0.479 e. The van der Waals surface area contributed by atoms with E-state index in [1.165, 1.54) is 122 Å². The lowest BCUT2D eigenvalue weighted by Crippen LogP contribution is -2.42. The van der Waals surface area contributed by atoms with E-state index in [4.69, 9.17) is 5.11 Å². The first-order valence-corrected chi connectivity index (χ1v) is 14.3. The smallest absolute Gasteiger partial charge is 0.335 e. The van der Waals surface area contributed by atoms with Crippen LogP contribution >= 0.6 is 0 Å². The van der Waals surface area contributed by atoms with Crippen molar-refractivity contribution in [1.82, 2.24) is 0 Å². The maximum absolute atomic E-state index is 10.6. The quantitative estimate of drug-likeness (QED) is 0.100. The number of unbranched alkanes of at least 4 members (excludes halogenated alkanes) is 21. The van der Waals surface area contributed by atoms with Crippen LogP contribution in [0.25, 0.3) is 0 Å². The van der Waals surface area contributed by atoms with Crippen LogP contribution in [0.2, 0.25) is 0 Å². The zero-order valence-electron chi connectivity index (χ0n) is 21.7. The van der Waals surface area contributed by atoms with E-state index in [0.29, 0.717) is 6.42 Å². The topological polar surface area (TPSA) is 98.0 Å². The number of rotatable bonds is 26. The van der Waals surface area contributed by atoms with E-state index in [1.54, 1.807) is 0 Å². The van der Waals surface area contributed by atoms with Gasteiger partial charge in [0.1, 0.15) is 6.10 Å². The highest BCUT2D eigenvalue weighted by Crippen LogP contribution is 2.16. The van der Waals surface area contributed by atoms with E-state index in [0.717, 1.165) is 19.3 Å². The molecule has 33 heavy (non-hydrogen) atoms. The molecule has 0 saturated carbocycles. The number of carboxylic acid groups (broad SMARTS) is 1. The second kappa shape index (κ2) is 24.5. The molecule has 0 radical (unpaired) electrons. The average molecular weight is 473 g/mol. The number of hydrogen-bond acceptors (Lipinski definition) is 4. The standard InChI is InChI=1S/C28H56O5/c1-2-3-4-5-6-7-8-9-10-11-12-13-14-15-16-17-18-19-20-21-22-23-24-25(29)26(30)27(31)28(32)33/h25-27,29-31H,2-24H2,1H3,(H,32,33).